The van der Waals surface area contributed by atoms with Gasteiger partial charge in [-0.15, -0.1) is 0 Å². The molecule has 22 heavy (non-hydrogen) atoms. The van der Waals surface area contributed by atoms with E-state index in [2.05, 4.69) is 4.99 Å². The highest BCUT2D eigenvalue weighted by Gasteiger charge is 2.16. The van der Waals surface area contributed by atoms with E-state index in [1.807, 2.05) is 44.2 Å². The number of amides is 1. The van der Waals surface area contributed by atoms with Gasteiger partial charge in [0.15, 0.2) is 0 Å². The first-order valence-corrected chi connectivity index (χ1v) is 7.05. The van der Waals surface area contributed by atoms with Crippen molar-refractivity contribution in [3.05, 3.63) is 46.7 Å². The van der Waals surface area contributed by atoms with Crippen molar-refractivity contribution in [2.45, 2.75) is 20.8 Å². The number of carbonyl (C=O) groups excluding carboxylic acids is 1. The quantitative estimate of drug-likeness (QED) is 0.624. The molecule has 1 amide bonds. The number of hydrogen-bond donors (Lipinski definition) is 2. The Balaban J connectivity index is 3.22. The zero-order valence-corrected chi connectivity index (χ0v) is 13.5. The summed E-state index contributed by atoms with van der Waals surface area (Å²) in [5.41, 5.74) is 14.0. The van der Waals surface area contributed by atoms with Crippen LogP contribution in [0.1, 0.15) is 26.3 Å². The van der Waals surface area contributed by atoms with Crippen LogP contribution in [0.3, 0.4) is 0 Å². The Morgan fingerprint density at radius 3 is 2.50 bits per heavy atom. The van der Waals surface area contributed by atoms with Gasteiger partial charge in [-0.05, 0) is 50.1 Å². The molecule has 0 radical (unpaired) electrons. The van der Waals surface area contributed by atoms with Gasteiger partial charge in [0.25, 0.3) is 5.91 Å². The number of nitrogens with two attached hydrogens (primary N) is 2. The Bertz CT molecular complexity index is 639. The molecule has 0 bridgehead atoms. The van der Waals surface area contributed by atoms with Crippen LogP contribution < -0.4 is 16.2 Å². The molecule has 118 valence electrons. The Hall–Kier alpha value is -2.56. The molecule has 0 aliphatic heterocycles. The smallest absolute Gasteiger partial charge is 0.252 e. The summed E-state index contributed by atoms with van der Waals surface area (Å²) in [6.45, 7) is 6.04. The normalized spacial score (nSPS) is 13.6. The number of carbonyl (C=O) groups is 1. The standard InChI is InChI=1S/C17H23N3O2/c1-5-22-14-8-6-7-13(10-14)9-11(2)16(20-4)15(12(3)18)17(19)21/h6-10H,5,18H2,1-4H3,(H2,19,21)/b11-9+,15-12-,20-16-. The molecule has 0 saturated carbocycles. The molecule has 0 unspecified atom stereocenters. The molecular formula is C17H23N3O2. The van der Waals surface area contributed by atoms with Crippen molar-refractivity contribution in [3.8, 4) is 5.75 Å². The third kappa shape index (κ3) is 4.48. The largest absolute Gasteiger partial charge is 0.494 e. The van der Waals surface area contributed by atoms with E-state index in [0.29, 0.717) is 18.0 Å². The molecule has 0 aromatic heterocycles. The summed E-state index contributed by atoms with van der Waals surface area (Å²) in [7, 11) is 1.61. The minimum Gasteiger partial charge on any atom is -0.494 e. The Morgan fingerprint density at radius 1 is 1.32 bits per heavy atom. The Morgan fingerprint density at radius 2 is 2.00 bits per heavy atom. The molecule has 0 spiro atoms. The van der Waals surface area contributed by atoms with E-state index in [1.165, 1.54) is 0 Å². The first kappa shape index (κ1) is 17.5. The molecule has 1 rings (SSSR count). The SMILES string of the molecule is CCOc1cccc(/C=C(C)/C(=N/C)C(/C(N)=O)=C(\C)N)c1. The van der Waals surface area contributed by atoms with Gasteiger partial charge < -0.3 is 16.2 Å². The van der Waals surface area contributed by atoms with Crippen LogP contribution in [-0.2, 0) is 4.79 Å². The number of rotatable bonds is 6. The summed E-state index contributed by atoms with van der Waals surface area (Å²) < 4.78 is 5.48. The topological polar surface area (TPSA) is 90.7 Å². The number of ether oxygens (including phenoxy) is 1. The second-order valence-corrected chi connectivity index (χ2v) is 4.83. The lowest BCUT2D eigenvalue weighted by Crippen LogP contribution is -2.25. The van der Waals surface area contributed by atoms with Gasteiger partial charge in [-0.25, -0.2) is 0 Å². The summed E-state index contributed by atoms with van der Waals surface area (Å²) in [6, 6.07) is 7.67. The highest BCUT2D eigenvalue weighted by atomic mass is 16.5. The fourth-order valence-corrected chi connectivity index (χ4v) is 2.16. The number of benzene rings is 1. The average molecular weight is 301 g/mol. The fraction of sp³-hybridized carbons (Fsp3) is 0.294. The first-order valence-electron chi connectivity index (χ1n) is 7.05. The molecule has 1 aromatic rings. The van der Waals surface area contributed by atoms with Crippen molar-refractivity contribution >= 4 is 17.7 Å². The van der Waals surface area contributed by atoms with Crippen molar-refractivity contribution in [3.63, 3.8) is 0 Å². The third-order valence-electron chi connectivity index (χ3n) is 3.03. The average Bonchev–Trinajstić information content (AvgIpc) is 2.44. The maximum atomic E-state index is 11.6. The first-order chi connectivity index (χ1) is 10.4. The van der Waals surface area contributed by atoms with E-state index in [0.717, 1.165) is 16.9 Å². The maximum Gasteiger partial charge on any atom is 0.252 e. The lowest BCUT2D eigenvalue weighted by Gasteiger charge is -2.11. The van der Waals surface area contributed by atoms with Crippen LogP contribution >= 0.6 is 0 Å². The van der Waals surface area contributed by atoms with Crippen LogP contribution in [0.15, 0.2) is 46.1 Å². The predicted octanol–water partition coefficient (Wildman–Crippen LogP) is 2.28. The van der Waals surface area contributed by atoms with Crippen molar-refractivity contribution in [2.24, 2.45) is 16.5 Å². The summed E-state index contributed by atoms with van der Waals surface area (Å²) in [5.74, 6) is 0.205. The minimum absolute atomic E-state index is 0.247. The second-order valence-electron chi connectivity index (χ2n) is 4.83. The third-order valence-corrected chi connectivity index (χ3v) is 3.03. The molecular weight excluding hydrogens is 278 g/mol. The number of nitrogens with zero attached hydrogens (tertiary/aromatic N) is 1. The monoisotopic (exact) mass is 301 g/mol. The van der Waals surface area contributed by atoms with Crippen molar-refractivity contribution < 1.29 is 9.53 Å². The molecule has 0 heterocycles. The number of aliphatic imine (C=N–C) groups is 1. The summed E-state index contributed by atoms with van der Waals surface area (Å²) in [6.07, 6.45) is 1.91. The van der Waals surface area contributed by atoms with Crippen molar-refractivity contribution in [1.82, 2.24) is 0 Å². The lowest BCUT2D eigenvalue weighted by molar-refractivity contribution is -0.114. The van der Waals surface area contributed by atoms with E-state index in [-0.39, 0.29) is 5.57 Å². The molecule has 1 aromatic carbocycles. The van der Waals surface area contributed by atoms with Crippen LogP contribution in [0, 0.1) is 0 Å². The molecule has 5 heteroatoms. The number of hydrogen-bond acceptors (Lipinski definition) is 4. The summed E-state index contributed by atoms with van der Waals surface area (Å²) >= 11 is 0. The lowest BCUT2D eigenvalue weighted by atomic mass is 9.99. The summed E-state index contributed by atoms with van der Waals surface area (Å²) in [4.78, 5) is 15.8. The minimum atomic E-state index is -0.587. The van der Waals surface area contributed by atoms with E-state index in [9.17, 15) is 4.79 Å². The van der Waals surface area contributed by atoms with Gasteiger partial charge in [0.2, 0.25) is 0 Å². The van der Waals surface area contributed by atoms with Crippen molar-refractivity contribution in [1.29, 1.82) is 0 Å². The van der Waals surface area contributed by atoms with Crippen LogP contribution in [0.5, 0.6) is 5.75 Å². The van der Waals surface area contributed by atoms with Gasteiger partial charge in [-0.2, -0.15) is 0 Å². The van der Waals surface area contributed by atoms with E-state index in [1.54, 1.807) is 14.0 Å². The Labute approximate surface area is 131 Å². The molecule has 0 aliphatic carbocycles. The van der Waals surface area contributed by atoms with Crippen LogP contribution in [0.25, 0.3) is 6.08 Å². The van der Waals surface area contributed by atoms with Crippen LogP contribution in [0.2, 0.25) is 0 Å². The molecule has 0 aliphatic rings. The summed E-state index contributed by atoms with van der Waals surface area (Å²) in [5, 5.41) is 0. The van der Waals surface area contributed by atoms with Crippen LogP contribution in [-0.4, -0.2) is 25.3 Å². The molecule has 0 fully saturated rings. The second kappa shape index (κ2) is 8.02. The van der Waals surface area contributed by atoms with Crippen molar-refractivity contribution in [2.75, 3.05) is 13.7 Å². The zero-order chi connectivity index (χ0) is 16.7. The molecule has 4 N–H and O–H groups in total. The molecule has 0 atom stereocenters. The van der Waals surface area contributed by atoms with Gasteiger partial charge in [-0.1, -0.05) is 12.1 Å². The van der Waals surface area contributed by atoms with Gasteiger partial charge in [0, 0.05) is 12.7 Å². The van der Waals surface area contributed by atoms with Gasteiger partial charge in [0.1, 0.15) is 5.75 Å². The molecule has 0 saturated heterocycles. The Kier molecular flexibility index (Phi) is 6.38. The fourth-order valence-electron chi connectivity index (χ4n) is 2.16. The highest BCUT2D eigenvalue weighted by Crippen LogP contribution is 2.18. The zero-order valence-electron chi connectivity index (χ0n) is 13.5. The van der Waals surface area contributed by atoms with E-state index in [4.69, 9.17) is 16.2 Å². The van der Waals surface area contributed by atoms with E-state index >= 15 is 0 Å². The number of primary amides is 1. The van der Waals surface area contributed by atoms with E-state index < -0.39 is 5.91 Å². The van der Waals surface area contributed by atoms with Gasteiger partial charge in [0.05, 0.1) is 17.9 Å². The van der Waals surface area contributed by atoms with Crippen LogP contribution in [0.4, 0.5) is 0 Å². The highest BCUT2D eigenvalue weighted by molar-refractivity contribution is 6.28. The van der Waals surface area contributed by atoms with Gasteiger partial charge in [-0.3, -0.25) is 9.79 Å². The maximum absolute atomic E-state index is 11.6. The molecule has 5 nitrogen and oxygen atoms in total. The predicted molar refractivity (Wildman–Crippen MR) is 90.7 cm³/mol. The van der Waals surface area contributed by atoms with Gasteiger partial charge >= 0.3 is 0 Å². The number of allylic oxidation sites excluding steroid dienone is 2.